The highest BCUT2D eigenvalue weighted by Crippen LogP contribution is 2.39. The fourth-order valence-electron chi connectivity index (χ4n) is 4.24. The van der Waals surface area contributed by atoms with E-state index in [1.54, 1.807) is 0 Å². The van der Waals surface area contributed by atoms with Crippen molar-refractivity contribution in [1.29, 1.82) is 0 Å². The lowest BCUT2D eigenvalue weighted by Crippen LogP contribution is -2.39. The van der Waals surface area contributed by atoms with Gasteiger partial charge < -0.3 is 0 Å². The lowest BCUT2D eigenvalue weighted by molar-refractivity contribution is 0.105. The highest BCUT2D eigenvalue weighted by atomic mass is 19.1. The molecule has 0 aliphatic rings. The van der Waals surface area contributed by atoms with Crippen LogP contribution in [0.1, 0.15) is 32.9 Å². The van der Waals surface area contributed by atoms with Crippen molar-refractivity contribution in [3.8, 4) is 0 Å². The number of carbonyl (C=O) groups excluding carboxylic acids is 1. The molecule has 6 heteroatoms. The highest BCUT2D eigenvalue weighted by molar-refractivity contribution is 6.27. The summed E-state index contributed by atoms with van der Waals surface area (Å²) in [6, 6.07) is 35.0. The third kappa shape index (κ3) is 3.95. The van der Waals surface area contributed by atoms with Gasteiger partial charge in [-0.15, -0.1) is 15.0 Å². The van der Waals surface area contributed by atoms with E-state index in [4.69, 9.17) is 0 Å². The number of halogens is 1. The number of hydrogen-bond acceptors (Lipinski definition) is 4. The van der Waals surface area contributed by atoms with Crippen LogP contribution in [0.5, 0.6) is 0 Å². The van der Waals surface area contributed by atoms with Crippen LogP contribution < -0.4 is 0 Å². The van der Waals surface area contributed by atoms with Gasteiger partial charge in [0.05, 0.1) is 5.57 Å². The minimum Gasteiger partial charge on any atom is -0.288 e. The van der Waals surface area contributed by atoms with E-state index in [0.29, 0.717) is 5.56 Å². The van der Waals surface area contributed by atoms with Crippen LogP contribution in [0.25, 0.3) is 5.57 Å². The molecule has 0 saturated heterocycles. The maximum atomic E-state index is 13.3. The van der Waals surface area contributed by atoms with Gasteiger partial charge in [-0.05, 0) is 46.2 Å². The molecule has 0 unspecified atom stereocenters. The van der Waals surface area contributed by atoms with E-state index in [1.165, 1.54) is 29.1 Å². The molecule has 0 spiro atoms. The quantitative estimate of drug-likeness (QED) is 0.182. The van der Waals surface area contributed by atoms with E-state index in [-0.39, 0.29) is 11.4 Å². The van der Waals surface area contributed by atoms with Crippen molar-refractivity contribution in [2.75, 3.05) is 0 Å². The van der Waals surface area contributed by atoms with E-state index >= 15 is 0 Å². The molecule has 0 atom stereocenters. The van der Waals surface area contributed by atoms with Gasteiger partial charge in [0.15, 0.2) is 11.3 Å². The monoisotopic (exact) mass is 460 g/mol. The average Bonchev–Trinajstić information content (AvgIpc) is 3.41. The maximum absolute atomic E-state index is 13.3. The van der Waals surface area contributed by atoms with Crippen LogP contribution in [0.15, 0.2) is 122 Å². The standard InChI is InChI=1S/C29H21FN4O/c1-21(27(35)22-17-19-26(30)20-18-22)28-31-33-34(32-28)29(23-11-5-2-6-12-23,24-13-7-3-8-14-24)25-15-9-4-10-16-25/h2-20H,1H2. The van der Waals surface area contributed by atoms with Gasteiger partial charge in [0.25, 0.3) is 0 Å². The Bertz CT molecular complexity index is 1370. The van der Waals surface area contributed by atoms with Crippen molar-refractivity contribution < 1.29 is 9.18 Å². The van der Waals surface area contributed by atoms with Crippen molar-refractivity contribution in [2.45, 2.75) is 5.54 Å². The Hall–Kier alpha value is -4.71. The average molecular weight is 461 g/mol. The van der Waals surface area contributed by atoms with Crippen LogP contribution in [0.3, 0.4) is 0 Å². The minimum atomic E-state index is -0.950. The molecule has 0 radical (unpaired) electrons. The first-order chi connectivity index (χ1) is 17.1. The number of allylic oxidation sites excluding steroid dienone is 1. The number of rotatable bonds is 7. The second-order valence-corrected chi connectivity index (χ2v) is 8.03. The molecule has 0 N–H and O–H groups in total. The van der Waals surface area contributed by atoms with Crippen molar-refractivity contribution >= 4 is 11.4 Å². The molecule has 0 bridgehead atoms. The summed E-state index contributed by atoms with van der Waals surface area (Å²) in [6.45, 7) is 3.92. The molecule has 5 nitrogen and oxygen atoms in total. The summed E-state index contributed by atoms with van der Waals surface area (Å²) in [6.07, 6.45) is 0. The van der Waals surface area contributed by atoms with Gasteiger partial charge in [0.1, 0.15) is 5.82 Å². The van der Waals surface area contributed by atoms with Crippen LogP contribution >= 0.6 is 0 Å². The molecule has 1 aromatic heterocycles. The van der Waals surface area contributed by atoms with Crippen LogP contribution in [0.2, 0.25) is 0 Å². The fourth-order valence-corrected chi connectivity index (χ4v) is 4.24. The Morgan fingerprint density at radius 1 is 0.714 bits per heavy atom. The largest absolute Gasteiger partial charge is 0.288 e. The predicted molar refractivity (Wildman–Crippen MR) is 132 cm³/mol. The number of aromatic nitrogens is 4. The van der Waals surface area contributed by atoms with Crippen LogP contribution in [-0.2, 0) is 5.54 Å². The number of carbonyl (C=O) groups is 1. The second kappa shape index (κ2) is 9.27. The molecule has 5 aromatic rings. The number of ketones is 1. The molecular weight excluding hydrogens is 439 g/mol. The van der Waals surface area contributed by atoms with E-state index in [9.17, 15) is 9.18 Å². The first-order valence-electron chi connectivity index (χ1n) is 11.1. The first-order valence-corrected chi connectivity index (χ1v) is 11.1. The maximum Gasteiger partial charge on any atom is 0.208 e. The Kier molecular flexibility index (Phi) is 5.85. The molecule has 5 rings (SSSR count). The van der Waals surface area contributed by atoms with E-state index in [1.807, 2.05) is 91.0 Å². The van der Waals surface area contributed by atoms with Crippen LogP contribution in [-0.4, -0.2) is 26.0 Å². The number of Topliss-reactive ketones (excluding diaryl/α,β-unsaturated/α-hetero) is 1. The summed E-state index contributed by atoms with van der Waals surface area (Å²) >= 11 is 0. The van der Waals surface area contributed by atoms with Crippen molar-refractivity contribution in [1.82, 2.24) is 20.2 Å². The Morgan fingerprint density at radius 3 is 1.63 bits per heavy atom. The zero-order valence-electron chi connectivity index (χ0n) is 18.8. The van der Waals surface area contributed by atoms with Crippen molar-refractivity contribution in [3.05, 3.63) is 156 Å². The van der Waals surface area contributed by atoms with E-state index < -0.39 is 17.1 Å². The van der Waals surface area contributed by atoms with Gasteiger partial charge in [-0.3, -0.25) is 4.79 Å². The smallest absolute Gasteiger partial charge is 0.208 e. The predicted octanol–water partition coefficient (Wildman–Crippen LogP) is 5.55. The van der Waals surface area contributed by atoms with Gasteiger partial charge in [0, 0.05) is 5.56 Å². The van der Waals surface area contributed by atoms with Gasteiger partial charge in [-0.25, -0.2) is 4.39 Å². The first kappa shape index (κ1) is 22.1. The number of tetrazole rings is 1. The summed E-state index contributed by atoms with van der Waals surface area (Å²) in [7, 11) is 0. The zero-order valence-corrected chi connectivity index (χ0v) is 18.8. The third-order valence-electron chi connectivity index (χ3n) is 5.94. The van der Waals surface area contributed by atoms with E-state index in [2.05, 4.69) is 22.0 Å². The van der Waals surface area contributed by atoms with Gasteiger partial charge in [0.2, 0.25) is 5.82 Å². The molecule has 0 saturated carbocycles. The molecule has 4 aromatic carbocycles. The molecule has 35 heavy (non-hydrogen) atoms. The summed E-state index contributed by atoms with van der Waals surface area (Å²) < 4.78 is 13.3. The Balaban J connectivity index is 1.68. The highest BCUT2D eigenvalue weighted by Gasteiger charge is 2.41. The van der Waals surface area contributed by atoms with Gasteiger partial charge >= 0.3 is 0 Å². The van der Waals surface area contributed by atoms with Crippen LogP contribution in [0, 0.1) is 5.82 Å². The lowest BCUT2D eigenvalue weighted by atomic mass is 9.77. The Morgan fingerprint density at radius 2 is 1.17 bits per heavy atom. The molecule has 170 valence electrons. The summed E-state index contributed by atoms with van der Waals surface area (Å²) in [4.78, 5) is 14.5. The molecule has 0 amide bonds. The molecule has 0 fully saturated rings. The minimum absolute atomic E-state index is 0.0749. The molecule has 0 aliphatic carbocycles. The number of hydrogen-bond donors (Lipinski definition) is 0. The zero-order chi connectivity index (χ0) is 24.3. The lowest BCUT2D eigenvalue weighted by Gasteiger charge is -2.34. The second-order valence-electron chi connectivity index (χ2n) is 8.03. The summed E-state index contributed by atoms with van der Waals surface area (Å²) in [5, 5.41) is 13.3. The number of benzene rings is 4. The fraction of sp³-hybridized carbons (Fsp3) is 0.0345. The SMILES string of the molecule is C=C(C(=O)c1ccc(F)cc1)c1nnn(C(c2ccccc2)(c2ccccc2)c2ccccc2)n1. The topological polar surface area (TPSA) is 60.7 Å². The van der Waals surface area contributed by atoms with Crippen molar-refractivity contribution in [3.63, 3.8) is 0 Å². The Labute approximate surface area is 202 Å². The van der Waals surface area contributed by atoms with Crippen molar-refractivity contribution in [2.24, 2.45) is 0 Å². The normalized spacial score (nSPS) is 11.2. The van der Waals surface area contributed by atoms with Gasteiger partial charge in [-0.1, -0.05) is 97.6 Å². The molecular formula is C29H21FN4O. The summed E-state index contributed by atoms with van der Waals surface area (Å²) in [5.74, 6) is -0.713. The van der Waals surface area contributed by atoms with Gasteiger partial charge in [-0.2, -0.15) is 0 Å². The number of nitrogens with zero attached hydrogens (tertiary/aromatic N) is 4. The summed E-state index contributed by atoms with van der Waals surface area (Å²) in [5.41, 5.74) is 2.21. The van der Waals surface area contributed by atoms with Crippen LogP contribution in [0.4, 0.5) is 4.39 Å². The van der Waals surface area contributed by atoms with E-state index in [0.717, 1.165) is 16.7 Å². The molecule has 1 heterocycles. The third-order valence-corrected chi connectivity index (χ3v) is 5.94. The molecule has 0 aliphatic heterocycles.